The van der Waals surface area contributed by atoms with Gasteiger partial charge in [0.2, 0.25) is 0 Å². The standard InChI is InChI=1S/C27H22N3/c1-2-6-20(7-3-1)16-17-28-23-12-14-26-22(18-23)10-13-24-19-29-25-9-5-4-8-21(25)11-15-27(29)30(24)26/h1-15,18-19,28H,16-17H2/q+1. The highest BCUT2D eigenvalue weighted by molar-refractivity contribution is 5.85. The lowest BCUT2D eigenvalue weighted by Crippen LogP contribution is -2.21. The zero-order chi connectivity index (χ0) is 19.9. The Labute approximate surface area is 174 Å². The summed E-state index contributed by atoms with van der Waals surface area (Å²) in [6, 6.07) is 34.6. The Morgan fingerprint density at radius 2 is 1.57 bits per heavy atom. The minimum absolute atomic E-state index is 0.923. The lowest BCUT2D eigenvalue weighted by molar-refractivity contribution is -0.450. The Hall–Kier alpha value is -3.85. The maximum Gasteiger partial charge on any atom is 0.292 e. The third kappa shape index (κ3) is 2.79. The molecular weight excluding hydrogens is 366 g/mol. The van der Waals surface area contributed by atoms with Gasteiger partial charge in [-0.2, -0.15) is 8.80 Å². The third-order valence-electron chi connectivity index (χ3n) is 5.89. The fourth-order valence-electron chi connectivity index (χ4n) is 4.41. The average Bonchev–Trinajstić information content (AvgIpc) is 3.19. The van der Waals surface area contributed by atoms with Crippen LogP contribution in [-0.2, 0) is 6.42 Å². The minimum Gasteiger partial charge on any atom is -0.385 e. The van der Waals surface area contributed by atoms with E-state index in [9.17, 15) is 0 Å². The number of fused-ring (bicyclic) bond motifs is 7. The predicted molar refractivity (Wildman–Crippen MR) is 124 cm³/mol. The lowest BCUT2D eigenvalue weighted by atomic mass is 10.1. The van der Waals surface area contributed by atoms with E-state index in [-0.39, 0.29) is 0 Å². The van der Waals surface area contributed by atoms with Crippen LogP contribution in [0.25, 0.3) is 33.0 Å². The Morgan fingerprint density at radius 3 is 2.50 bits per heavy atom. The molecule has 3 heterocycles. The number of benzene rings is 3. The van der Waals surface area contributed by atoms with Crippen molar-refractivity contribution in [2.45, 2.75) is 6.42 Å². The van der Waals surface area contributed by atoms with Crippen molar-refractivity contribution in [2.75, 3.05) is 11.9 Å². The van der Waals surface area contributed by atoms with Crippen LogP contribution in [0.2, 0.25) is 0 Å². The zero-order valence-corrected chi connectivity index (χ0v) is 16.6. The molecule has 3 aromatic carbocycles. The molecule has 0 atom stereocenters. The first-order valence-corrected chi connectivity index (χ1v) is 10.4. The summed E-state index contributed by atoms with van der Waals surface area (Å²) >= 11 is 0. The molecule has 0 aliphatic rings. The van der Waals surface area contributed by atoms with Crippen molar-refractivity contribution < 1.29 is 4.40 Å². The quantitative estimate of drug-likeness (QED) is 0.388. The van der Waals surface area contributed by atoms with Gasteiger partial charge in [0.05, 0.1) is 0 Å². The molecule has 0 saturated carbocycles. The van der Waals surface area contributed by atoms with Crippen LogP contribution in [0.4, 0.5) is 5.69 Å². The molecule has 6 rings (SSSR count). The summed E-state index contributed by atoms with van der Waals surface area (Å²) in [6.45, 7) is 0.923. The molecule has 0 bridgehead atoms. The van der Waals surface area contributed by atoms with Crippen molar-refractivity contribution >= 4 is 38.7 Å². The molecule has 0 aliphatic carbocycles. The number of imidazole rings is 1. The van der Waals surface area contributed by atoms with Gasteiger partial charge >= 0.3 is 0 Å². The number of hydrogen-bond donors (Lipinski definition) is 1. The number of nitrogens with one attached hydrogen (secondary N) is 1. The van der Waals surface area contributed by atoms with Gasteiger partial charge in [-0.1, -0.05) is 48.5 Å². The number of para-hydroxylation sites is 1. The smallest absolute Gasteiger partial charge is 0.292 e. The zero-order valence-electron chi connectivity index (χ0n) is 16.6. The van der Waals surface area contributed by atoms with Crippen LogP contribution in [0.15, 0.2) is 103 Å². The number of rotatable bonds is 4. The summed E-state index contributed by atoms with van der Waals surface area (Å²) in [5, 5.41) is 6.06. The topological polar surface area (TPSA) is 20.5 Å². The average molecular weight is 388 g/mol. The van der Waals surface area contributed by atoms with Crippen LogP contribution in [0.5, 0.6) is 0 Å². The molecule has 1 N–H and O–H groups in total. The summed E-state index contributed by atoms with van der Waals surface area (Å²) in [5.41, 5.74) is 7.34. The monoisotopic (exact) mass is 388 g/mol. The van der Waals surface area contributed by atoms with Gasteiger partial charge in [0.15, 0.2) is 5.52 Å². The van der Waals surface area contributed by atoms with Gasteiger partial charge in [-0.15, -0.1) is 0 Å². The molecule has 0 spiro atoms. The first-order chi connectivity index (χ1) is 14.9. The van der Waals surface area contributed by atoms with E-state index in [4.69, 9.17) is 0 Å². The van der Waals surface area contributed by atoms with Crippen LogP contribution < -0.4 is 9.72 Å². The highest BCUT2D eigenvalue weighted by Gasteiger charge is 2.16. The Balaban J connectivity index is 1.40. The highest BCUT2D eigenvalue weighted by Crippen LogP contribution is 2.22. The molecule has 3 aromatic heterocycles. The molecule has 0 unspecified atom stereocenters. The summed E-state index contributed by atoms with van der Waals surface area (Å²) in [5.74, 6) is 0. The van der Waals surface area contributed by atoms with Crippen LogP contribution in [0.1, 0.15) is 5.56 Å². The van der Waals surface area contributed by atoms with Gasteiger partial charge in [0, 0.05) is 29.1 Å². The van der Waals surface area contributed by atoms with E-state index in [0.717, 1.165) is 18.7 Å². The van der Waals surface area contributed by atoms with E-state index in [1.807, 2.05) is 0 Å². The summed E-state index contributed by atoms with van der Waals surface area (Å²) in [6.07, 6.45) is 3.24. The number of nitrogens with zero attached hydrogens (tertiary/aromatic N) is 2. The Kier molecular flexibility index (Phi) is 3.91. The maximum absolute atomic E-state index is 3.57. The normalized spacial score (nSPS) is 11.6. The van der Waals surface area contributed by atoms with Crippen LogP contribution in [-0.4, -0.2) is 10.9 Å². The maximum atomic E-state index is 3.57. The fraction of sp³-hybridized carbons (Fsp3) is 0.0741. The van der Waals surface area contributed by atoms with Crippen molar-refractivity contribution in [1.82, 2.24) is 4.40 Å². The Morgan fingerprint density at radius 1 is 0.733 bits per heavy atom. The molecule has 0 radical (unpaired) electrons. The van der Waals surface area contributed by atoms with E-state index in [1.165, 1.54) is 38.5 Å². The van der Waals surface area contributed by atoms with Crippen molar-refractivity contribution in [1.29, 1.82) is 0 Å². The summed E-state index contributed by atoms with van der Waals surface area (Å²) in [4.78, 5) is 0. The van der Waals surface area contributed by atoms with Crippen molar-refractivity contribution in [3.63, 3.8) is 0 Å². The molecule has 0 saturated heterocycles. The van der Waals surface area contributed by atoms with Crippen molar-refractivity contribution in [2.24, 2.45) is 0 Å². The second kappa shape index (κ2) is 6.89. The first kappa shape index (κ1) is 17.0. The van der Waals surface area contributed by atoms with Gasteiger partial charge in [-0.25, -0.2) is 0 Å². The third-order valence-corrected chi connectivity index (χ3v) is 5.89. The largest absolute Gasteiger partial charge is 0.385 e. The van der Waals surface area contributed by atoms with Gasteiger partial charge in [-0.3, -0.25) is 0 Å². The molecule has 3 nitrogen and oxygen atoms in total. The van der Waals surface area contributed by atoms with Crippen molar-refractivity contribution in [3.8, 4) is 0 Å². The molecule has 0 aliphatic heterocycles. The highest BCUT2D eigenvalue weighted by atomic mass is 15.1. The van der Waals surface area contributed by atoms with Crippen LogP contribution in [0.3, 0.4) is 0 Å². The van der Waals surface area contributed by atoms with E-state index < -0.39 is 0 Å². The molecule has 0 fully saturated rings. The lowest BCUT2D eigenvalue weighted by Gasteiger charge is -2.07. The van der Waals surface area contributed by atoms with Gasteiger partial charge in [-0.05, 0) is 54.4 Å². The molecule has 6 aromatic rings. The van der Waals surface area contributed by atoms with Crippen LogP contribution >= 0.6 is 0 Å². The number of anilines is 1. The second-order valence-electron chi connectivity index (χ2n) is 7.78. The number of hydrogen-bond acceptors (Lipinski definition) is 1. The summed E-state index contributed by atoms with van der Waals surface area (Å²) < 4.78 is 4.63. The molecular formula is C27H22N3+. The number of pyridine rings is 2. The molecule has 0 amide bonds. The minimum atomic E-state index is 0.923. The van der Waals surface area contributed by atoms with E-state index in [0.29, 0.717) is 0 Å². The molecule has 144 valence electrons. The van der Waals surface area contributed by atoms with E-state index >= 15 is 0 Å². The first-order valence-electron chi connectivity index (χ1n) is 10.4. The van der Waals surface area contributed by atoms with Gasteiger partial charge < -0.3 is 5.32 Å². The van der Waals surface area contributed by atoms with E-state index in [2.05, 4.69) is 117 Å². The predicted octanol–water partition coefficient (Wildman–Crippen LogP) is 5.64. The SMILES string of the molecule is c1ccc(CCNc2ccc3c(ccc4cn5c6ccccc6ccc5[n+]43)c2)cc1. The second-order valence-corrected chi connectivity index (χ2v) is 7.78. The molecule has 30 heavy (non-hydrogen) atoms. The molecule has 3 heteroatoms. The Bertz CT molecular complexity index is 1510. The van der Waals surface area contributed by atoms with E-state index in [1.54, 1.807) is 0 Å². The van der Waals surface area contributed by atoms with Gasteiger partial charge in [0.25, 0.3) is 5.65 Å². The summed E-state index contributed by atoms with van der Waals surface area (Å²) in [7, 11) is 0. The number of aromatic nitrogens is 2. The fourth-order valence-corrected chi connectivity index (χ4v) is 4.41. The van der Waals surface area contributed by atoms with Crippen LogP contribution in [0, 0.1) is 0 Å². The van der Waals surface area contributed by atoms with Gasteiger partial charge in [0.1, 0.15) is 17.2 Å². The van der Waals surface area contributed by atoms with Crippen molar-refractivity contribution in [3.05, 3.63) is 109 Å².